The van der Waals surface area contributed by atoms with Crippen molar-refractivity contribution in [2.75, 3.05) is 0 Å². The molecule has 0 fully saturated rings. The molecule has 2 aromatic heterocycles. The monoisotopic (exact) mass is 384 g/mol. The first-order chi connectivity index (χ1) is 12.5. The minimum absolute atomic E-state index is 0.0623. The molecule has 4 aromatic rings. The van der Waals surface area contributed by atoms with Crippen LogP contribution >= 0.6 is 22.9 Å². The van der Waals surface area contributed by atoms with Crippen LogP contribution in [0.25, 0.3) is 22.4 Å². The zero-order valence-electron chi connectivity index (χ0n) is 13.0. The molecular weight excluding hydrogens is 376 g/mol. The van der Waals surface area contributed by atoms with Gasteiger partial charge in [-0.1, -0.05) is 35.1 Å². The van der Waals surface area contributed by atoms with Crippen molar-refractivity contribution in [3.63, 3.8) is 0 Å². The maximum atomic E-state index is 12.6. The van der Waals surface area contributed by atoms with Gasteiger partial charge in [-0.25, -0.2) is 0 Å². The molecule has 4 rings (SSSR count). The Kier molecular flexibility index (Phi) is 3.98. The second kappa shape index (κ2) is 6.32. The van der Waals surface area contributed by atoms with Gasteiger partial charge in [0.15, 0.2) is 5.82 Å². The number of fused-ring (bicyclic) bond motifs is 1. The van der Waals surface area contributed by atoms with Crippen LogP contribution in [-0.4, -0.2) is 19.5 Å². The third-order valence-corrected chi connectivity index (χ3v) is 4.92. The van der Waals surface area contributed by atoms with Crippen LogP contribution < -0.4 is 10.1 Å². The number of nitro benzene ring substituents is 1. The second-order valence-corrected chi connectivity index (χ2v) is 6.81. The van der Waals surface area contributed by atoms with E-state index in [9.17, 15) is 14.9 Å². The van der Waals surface area contributed by atoms with Gasteiger partial charge in [0.05, 0.1) is 15.0 Å². The Morgan fingerprint density at radius 3 is 2.58 bits per heavy atom. The van der Waals surface area contributed by atoms with Crippen molar-refractivity contribution in [2.45, 2.75) is 0 Å². The summed E-state index contributed by atoms with van der Waals surface area (Å²) in [4.78, 5) is 28.0. The first-order valence-electron chi connectivity index (χ1n) is 7.43. The summed E-state index contributed by atoms with van der Waals surface area (Å²) in [6.45, 7) is 0. The van der Waals surface area contributed by atoms with Crippen molar-refractivity contribution in [1.29, 1.82) is 0 Å². The highest BCUT2D eigenvalue weighted by Gasteiger charge is 2.14. The molecule has 0 aliphatic carbocycles. The summed E-state index contributed by atoms with van der Waals surface area (Å²) in [6, 6.07) is 13.2. The summed E-state index contributed by atoms with van der Waals surface area (Å²) in [6.07, 6.45) is 1.49. The van der Waals surface area contributed by atoms with Crippen LogP contribution in [0.3, 0.4) is 0 Å². The van der Waals surface area contributed by atoms with Crippen molar-refractivity contribution >= 4 is 39.7 Å². The van der Waals surface area contributed by atoms with Crippen LogP contribution in [0, 0.1) is 10.1 Å². The van der Waals surface area contributed by atoms with Gasteiger partial charge in [0.25, 0.3) is 11.2 Å². The molecule has 0 amide bonds. The maximum Gasteiger partial charge on any atom is 0.291 e. The van der Waals surface area contributed by atoms with Crippen LogP contribution in [0.4, 0.5) is 5.69 Å². The highest BCUT2D eigenvalue weighted by Crippen LogP contribution is 2.20. The molecule has 0 unspecified atom stereocenters. The molecule has 0 atom stereocenters. The topological polar surface area (TPSA) is 90.4 Å². The fraction of sp³-hybridized carbons (Fsp3) is 0. The Hall–Kier alpha value is -3.10. The Morgan fingerprint density at radius 1 is 1.15 bits per heavy atom. The van der Waals surface area contributed by atoms with Crippen molar-refractivity contribution in [2.24, 2.45) is 0 Å². The second-order valence-electron chi connectivity index (χ2n) is 5.37. The molecular formula is C17H9ClN4O3S. The smallest absolute Gasteiger partial charge is 0.266 e. The SMILES string of the molecule is O=c1c(=Cc2ccccc2[N+](=O)[O-])sc2nc(-c3ccc(Cl)cc3)nn12. The lowest BCUT2D eigenvalue weighted by Crippen LogP contribution is -2.23. The van der Waals surface area contributed by atoms with Gasteiger partial charge < -0.3 is 0 Å². The van der Waals surface area contributed by atoms with Crippen LogP contribution in [0.15, 0.2) is 53.3 Å². The number of aromatic nitrogens is 3. The highest BCUT2D eigenvalue weighted by molar-refractivity contribution is 7.15. The van der Waals surface area contributed by atoms with E-state index >= 15 is 0 Å². The maximum absolute atomic E-state index is 12.6. The molecule has 26 heavy (non-hydrogen) atoms. The van der Waals surface area contributed by atoms with Crippen molar-refractivity contribution in [3.05, 3.63) is 84.1 Å². The van der Waals surface area contributed by atoms with Crippen LogP contribution in [-0.2, 0) is 0 Å². The normalized spacial score (nSPS) is 12.0. The van der Waals surface area contributed by atoms with Crippen molar-refractivity contribution in [1.82, 2.24) is 14.6 Å². The van der Waals surface area contributed by atoms with E-state index < -0.39 is 4.92 Å². The zero-order chi connectivity index (χ0) is 18.3. The third-order valence-electron chi connectivity index (χ3n) is 3.70. The van der Waals surface area contributed by atoms with E-state index in [0.29, 0.717) is 25.9 Å². The van der Waals surface area contributed by atoms with E-state index in [0.717, 1.165) is 16.9 Å². The van der Waals surface area contributed by atoms with Gasteiger partial charge in [-0.2, -0.15) is 9.50 Å². The number of para-hydroxylation sites is 1. The standard InChI is InChI=1S/C17H9ClN4O3S/c18-12-7-5-10(6-8-12)15-19-17-21(20-15)16(23)14(26-17)9-11-3-1-2-4-13(11)22(24)25/h1-9H. The largest absolute Gasteiger partial charge is 0.291 e. The van der Waals surface area contributed by atoms with Crippen molar-refractivity contribution < 1.29 is 4.92 Å². The fourth-order valence-corrected chi connectivity index (χ4v) is 3.50. The van der Waals surface area contributed by atoms with E-state index in [1.165, 1.54) is 16.7 Å². The van der Waals surface area contributed by atoms with E-state index in [-0.39, 0.29) is 11.2 Å². The molecule has 9 heteroatoms. The van der Waals surface area contributed by atoms with Crippen LogP contribution in [0.2, 0.25) is 5.02 Å². The number of hydrogen-bond donors (Lipinski definition) is 0. The Bertz CT molecular complexity index is 1250. The number of thiazole rings is 1. The van der Waals surface area contributed by atoms with Gasteiger partial charge in [-0.15, -0.1) is 5.10 Å². The molecule has 128 valence electrons. The molecule has 7 nitrogen and oxygen atoms in total. The van der Waals surface area contributed by atoms with E-state index in [1.807, 2.05) is 0 Å². The summed E-state index contributed by atoms with van der Waals surface area (Å²) in [5, 5.41) is 16.0. The van der Waals surface area contributed by atoms with Crippen LogP contribution in [0.5, 0.6) is 0 Å². The lowest BCUT2D eigenvalue weighted by molar-refractivity contribution is -0.385. The van der Waals surface area contributed by atoms with Gasteiger partial charge in [0.2, 0.25) is 4.96 Å². The van der Waals surface area contributed by atoms with Crippen molar-refractivity contribution in [3.8, 4) is 11.4 Å². The molecule has 0 saturated carbocycles. The summed E-state index contributed by atoms with van der Waals surface area (Å²) in [5.74, 6) is 0.419. The minimum atomic E-state index is -0.480. The van der Waals surface area contributed by atoms with Gasteiger partial charge >= 0.3 is 0 Å². The number of nitrogens with zero attached hydrogens (tertiary/aromatic N) is 4. The van der Waals surface area contributed by atoms with E-state index in [2.05, 4.69) is 10.1 Å². The lowest BCUT2D eigenvalue weighted by Gasteiger charge is -1.95. The van der Waals surface area contributed by atoms with Gasteiger partial charge in [-0.05, 0) is 36.4 Å². The molecule has 2 aromatic carbocycles. The summed E-state index contributed by atoms with van der Waals surface area (Å²) >= 11 is 7.00. The third kappa shape index (κ3) is 2.85. The number of benzene rings is 2. The fourth-order valence-electron chi connectivity index (χ4n) is 2.47. The highest BCUT2D eigenvalue weighted by atomic mass is 35.5. The average molecular weight is 385 g/mol. The zero-order valence-corrected chi connectivity index (χ0v) is 14.6. The molecule has 0 N–H and O–H groups in total. The molecule has 0 aliphatic heterocycles. The van der Waals surface area contributed by atoms with E-state index in [1.54, 1.807) is 42.5 Å². The molecule has 0 spiro atoms. The van der Waals surface area contributed by atoms with Gasteiger partial charge in [0, 0.05) is 16.7 Å². The lowest BCUT2D eigenvalue weighted by atomic mass is 10.2. The van der Waals surface area contributed by atoms with Gasteiger partial charge in [-0.3, -0.25) is 14.9 Å². The first kappa shape index (κ1) is 16.4. The quantitative estimate of drug-likeness (QED) is 0.400. The van der Waals surface area contributed by atoms with Crippen LogP contribution in [0.1, 0.15) is 5.56 Å². The Labute approximate surface area is 155 Å². The Balaban J connectivity index is 1.83. The predicted octanol–water partition coefficient (Wildman–Crippen LogP) is 2.93. The predicted molar refractivity (Wildman–Crippen MR) is 99.5 cm³/mol. The average Bonchev–Trinajstić information content (AvgIpc) is 3.16. The molecule has 0 bridgehead atoms. The molecule has 0 aliphatic rings. The number of hydrogen-bond acceptors (Lipinski definition) is 6. The Morgan fingerprint density at radius 2 is 1.88 bits per heavy atom. The minimum Gasteiger partial charge on any atom is -0.266 e. The summed E-state index contributed by atoms with van der Waals surface area (Å²) < 4.78 is 1.53. The van der Waals surface area contributed by atoms with Gasteiger partial charge in [0.1, 0.15) is 0 Å². The molecule has 0 saturated heterocycles. The number of halogens is 1. The summed E-state index contributed by atoms with van der Waals surface area (Å²) in [7, 11) is 0. The van der Waals surface area contributed by atoms with E-state index in [4.69, 9.17) is 11.6 Å². The molecule has 2 heterocycles. The summed E-state index contributed by atoms with van der Waals surface area (Å²) in [5.41, 5.74) is 0.676. The number of rotatable bonds is 3. The number of nitro groups is 1. The molecule has 0 radical (unpaired) electrons. The first-order valence-corrected chi connectivity index (χ1v) is 8.63.